The third-order valence-corrected chi connectivity index (χ3v) is 4.50. The van der Waals surface area contributed by atoms with Crippen LogP contribution in [0.3, 0.4) is 0 Å². The first kappa shape index (κ1) is 21.3. The van der Waals surface area contributed by atoms with Crippen LogP contribution in [0.2, 0.25) is 0 Å². The van der Waals surface area contributed by atoms with Crippen molar-refractivity contribution in [2.24, 2.45) is 10.2 Å². The largest absolute Gasteiger partial charge is 0.496 e. The average molecular weight is 427 g/mol. The molecule has 0 unspecified atom stereocenters. The van der Waals surface area contributed by atoms with Gasteiger partial charge in [0.25, 0.3) is 11.8 Å². The molecule has 30 heavy (non-hydrogen) atoms. The number of carbonyl (C=O) groups is 3. The minimum atomic E-state index is -4.74. The van der Waals surface area contributed by atoms with Gasteiger partial charge in [-0.2, -0.15) is 13.2 Å². The first-order chi connectivity index (χ1) is 14.0. The Morgan fingerprint density at radius 2 is 1.60 bits per heavy atom. The van der Waals surface area contributed by atoms with E-state index in [0.29, 0.717) is 5.06 Å². The van der Waals surface area contributed by atoms with E-state index in [1.165, 1.54) is 27.2 Å². The van der Waals surface area contributed by atoms with Crippen LogP contribution in [0, 0.1) is 0 Å². The number of nitrogens with zero attached hydrogens (tertiary/aromatic N) is 3. The number of benzene rings is 1. The second kappa shape index (κ2) is 7.43. The van der Waals surface area contributed by atoms with Crippen LogP contribution in [0.1, 0.15) is 30.9 Å². The zero-order valence-corrected chi connectivity index (χ0v) is 16.1. The minimum absolute atomic E-state index is 0.0363. The van der Waals surface area contributed by atoms with Gasteiger partial charge in [-0.15, -0.1) is 15.3 Å². The molecule has 2 heterocycles. The van der Waals surface area contributed by atoms with E-state index >= 15 is 0 Å². The van der Waals surface area contributed by atoms with Crippen molar-refractivity contribution in [2.75, 3.05) is 14.2 Å². The molecule has 160 valence electrons. The first-order valence-electron chi connectivity index (χ1n) is 8.57. The number of hydrogen-bond donors (Lipinski definition) is 0. The summed E-state index contributed by atoms with van der Waals surface area (Å²) >= 11 is 0. The zero-order chi connectivity index (χ0) is 22.3. The summed E-state index contributed by atoms with van der Waals surface area (Å²) < 4.78 is 50.3. The fraction of sp³-hybridized carbons (Fsp3) is 0.389. The van der Waals surface area contributed by atoms with E-state index in [1.807, 2.05) is 0 Å². The Kier molecular flexibility index (Phi) is 5.27. The Labute approximate surface area is 168 Å². The van der Waals surface area contributed by atoms with Crippen molar-refractivity contribution in [1.29, 1.82) is 0 Å². The SMILES string of the molecule is COc1cc(C2(C(F)(F)F)N=N2)cc(OC)c1/C=C(\C)C(=O)ON1C(=O)CCC1=O. The second-order valence-electron chi connectivity index (χ2n) is 6.45. The molecule has 0 spiro atoms. The van der Waals surface area contributed by atoms with Crippen molar-refractivity contribution >= 4 is 23.9 Å². The van der Waals surface area contributed by atoms with Gasteiger partial charge in [0.2, 0.25) is 0 Å². The van der Waals surface area contributed by atoms with Crippen molar-refractivity contribution < 1.29 is 41.9 Å². The zero-order valence-electron chi connectivity index (χ0n) is 16.1. The number of halogens is 3. The Balaban J connectivity index is 1.94. The molecule has 0 aliphatic carbocycles. The number of rotatable bonds is 6. The van der Waals surface area contributed by atoms with Crippen molar-refractivity contribution in [1.82, 2.24) is 5.06 Å². The van der Waals surface area contributed by atoms with Gasteiger partial charge in [0.15, 0.2) is 0 Å². The third-order valence-electron chi connectivity index (χ3n) is 4.50. The molecule has 3 rings (SSSR count). The molecule has 1 aromatic carbocycles. The Hall–Kier alpha value is -3.44. The van der Waals surface area contributed by atoms with Gasteiger partial charge >= 0.3 is 17.8 Å². The maximum atomic E-state index is 13.3. The quantitative estimate of drug-likeness (QED) is 0.511. The number of ether oxygens (including phenoxy) is 2. The van der Waals surface area contributed by atoms with Gasteiger partial charge < -0.3 is 14.3 Å². The molecule has 12 heteroatoms. The highest BCUT2D eigenvalue weighted by molar-refractivity contribution is 6.03. The van der Waals surface area contributed by atoms with Crippen LogP contribution in [0.15, 0.2) is 27.9 Å². The molecule has 9 nitrogen and oxygen atoms in total. The molecule has 0 atom stereocenters. The third kappa shape index (κ3) is 3.60. The van der Waals surface area contributed by atoms with E-state index in [-0.39, 0.29) is 41.0 Å². The lowest BCUT2D eigenvalue weighted by molar-refractivity contribution is -0.194. The molecular weight excluding hydrogens is 411 g/mol. The average Bonchev–Trinajstić information content (AvgIpc) is 3.46. The van der Waals surface area contributed by atoms with Gasteiger partial charge in [-0.3, -0.25) is 9.59 Å². The Bertz CT molecular complexity index is 939. The van der Waals surface area contributed by atoms with Gasteiger partial charge in [0.1, 0.15) is 11.5 Å². The molecule has 1 saturated heterocycles. The summed E-state index contributed by atoms with van der Waals surface area (Å²) in [6.07, 6.45) is -3.62. The Morgan fingerprint density at radius 1 is 1.10 bits per heavy atom. The van der Waals surface area contributed by atoms with Crippen LogP contribution in [0.25, 0.3) is 6.08 Å². The standard InChI is InChI=1S/C18H16F3N3O6/c1-9(16(27)30-24-14(25)4-5-15(24)26)6-11-12(28-2)7-10(8-13(11)29-3)17(22-23-17)18(19,20)21/h6-8H,4-5H2,1-3H3/b9-6+. The minimum Gasteiger partial charge on any atom is -0.496 e. The number of imide groups is 1. The van der Waals surface area contributed by atoms with E-state index in [1.54, 1.807) is 0 Å². The normalized spacial score (nSPS) is 17.9. The van der Waals surface area contributed by atoms with Gasteiger partial charge in [0.05, 0.1) is 19.8 Å². The highest BCUT2D eigenvalue weighted by Gasteiger charge is 2.65. The predicted octanol–water partition coefficient (Wildman–Crippen LogP) is 2.90. The first-order valence-corrected chi connectivity index (χ1v) is 8.57. The maximum Gasteiger partial charge on any atom is 0.442 e. The summed E-state index contributed by atoms with van der Waals surface area (Å²) in [5.41, 5.74) is -2.90. The van der Waals surface area contributed by atoms with Gasteiger partial charge in [-0.05, 0) is 25.1 Å². The van der Waals surface area contributed by atoms with Crippen molar-refractivity contribution in [3.8, 4) is 11.5 Å². The van der Waals surface area contributed by atoms with Crippen LogP contribution in [-0.4, -0.2) is 43.2 Å². The summed E-state index contributed by atoms with van der Waals surface area (Å²) in [6.45, 7) is 1.34. The maximum absolute atomic E-state index is 13.3. The molecule has 0 saturated carbocycles. The molecule has 0 bridgehead atoms. The molecule has 0 radical (unpaired) electrons. The summed E-state index contributed by atoms with van der Waals surface area (Å²) in [6, 6.07) is 2.18. The summed E-state index contributed by atoms with van der Waals surface area (Å²) in [7, 11) is 2.46. The number of methoxy groups -OCH3 is 2. The fourth-order valence-electron chi connectivity index (χ4n) is 2.81. The van der Waals surface area contributed by atoms with Crippen molar-refractivity contribution in [3.05, 3.63) is 28.8 Å². The van der Waals surface area contributed by atoms with E-state index in [4.69, 9.17) is 14.3 Å². The molecule has 2 aliphatic heterocycles. The molecule has 1 fully saturated rings. The summed E-state index contributed by atoms with van der Waals surface area (Å²) in [5.74, 6) is -2.35. The number of carbonyl (C=O) groups excluding carboxylic acids is 3. The lowest BCUT2D eigenvalue weighted by Crippen LogP contribution is -2.32. The monoisotopic (exact) mass is 427 g/mol. The van der Waals surface area contributed by atoms with Crippen LogP contribution in [-0.2, 0) is 24.9 Å². The van der Waals surface area contributed by atoms with E-state index in [2.05, 4.69) is 10.2 Å². The van der Waals surface area contributed by atoms with Crippen LogP contribution in [0.4, 0.5) is 13.2 Å². The van der Waals surface area contributed by atoms with E-state index in [0.717, 1.165) is 12.1 Å². The topological polar surface area (TPSA) is 107 Å². The Morgan fingerprint density at radius 3 is 2.00 bits per heavy atom. The highest BCUT2D eigenvalue weighted by Crippen LogP contribution is 2.54. The van der Waals surface area contributed by atoms with Gasteiger partial charge in [0, 0.05) is 24.0 Å². The summed E-state index contributed by atoms with van der Waals surface area (Å²) in [4.78, 5) is 40.2. The molecule has 1 aromatic rings. The number of amides is 2. The number of alkyl halides is 3. The summed E-state index contributed by atoms with van der Waals surface area (Å²) in [5, 5.41) is 6.68. The molecule has 0 N–H and O–H groups in total. The lowest BCUT2D eigenvalue weighted by atomic mass is 9.98. The lowest BCUT2D eigenvalue weighted by Gasteiger charge is -2.19. The molecule has 2 amide bonds. The molecular formula is C18H16F3N3O6. The number of hydrogen-bond acceptors (Lipinski definition) is 8. The van der Waals surface area contributed by atoms with Gasteiger partial charge in [-0.25, -0.2) is 4.79 Å². The van der Waals surface area contributed by atoms with Crippen LogP contribution < -0.4 is 9.47 Å². The van der Waals surface area contributed by atoms with Crippen LogP contribution in [0.5, 0.6) is 11.5 Å². The van der Waals surface area contributed by atoms with Crippen molar-refractivity contribution in [2.45, 2.75) is 31.6 Å². The smallest absolute Gasteiger partial charge is 0.442 e. The van der Waals surface area contributed by atoms with E-state index in [9.17, 15) is 27.6 Å². The van der Waals surface area contributed by atoms with Crippen molar-refractivity contribution in [3.63, 3.8) is 0 Å². The highest BCUT2D eigenvalue weighted by atomic mass is 19.4. The second-order valence-corrected chi connectivity index (χ2v) is 6.45. The number of hydroxylamine groups is 2. The van der Waals surface area contributed by atoms with E-state index < -0.39 is 29.6 Å². The van der Waals surface area contributed by atoms with Gasteiger partial charge in [-0.1, -0.05) is 0 Å². The predicted molar refractivity (Wildman–Crippen MR) is 93.0 cm³/mol. The fourth-order valence-corrected chi connectivity index (χ4v) is 2.81. The molecule has 0 aromatic heterocycles. The molecule has 2 aliphatic rings. The van der Waals surface area contributed by atoms with Crippen LogP contribution >= 0.6 is 0 Å².